The van der Waals surface area contributed by atoms with Crippen LogP contribution >= 0.6 is 23.4 Å². The summed E-state index contributed by atoms with van der Waals surface area (Å²) in [5.74, 6) is 2.66. The zero-order chi connectivity index (χ0) is 12.7. The summed E-state index contributed by atoms with van der Waals surface area (Å²) in [6.45, 7) is 5.28. The van der Waals surface area contributed by atoms with Gasteiger partial charge in [0.2, 0.25) is 0 Å². The van der Waals surface area contributed by atoms with E-state index in [0.29, 0.717) is 11.1 Å². The van der Waals surface area contributed by atoms with Gasteiger partial charge in [-0.15, -0.1) is 0 Å². The van der Waals surface area contributed by atoms with Crippen LogP contribution in [0.5, 0.6) is 0 Å². The van der Waals surface area contributed by atoms with Gasteiger partial charge in [-0.05, 0) is 24.3 Å². The van der Waals surface area contributed by atoms with Crippen molar-refractivity contribution in [3.8, 4) is 0 Å². The highest BCUT2D eigenvalue weighted by Crippen LogP contribution is 2.21. The molecule has 0 saturated carbocycles. The highest BCUT2D eigenvalue weighted by Gasteiger charge is 2.09. The van der Waals surface area contributed by atoms with Crippen LogP contribution in [0, 0.1) is 5.92 Å². The number of anilines is 1. The molecule has 1 atom stereocenters. The first kappa shape index (κ1) is 14.6. The van der Waals surface area contributed by atoms with Crippen molar-refractivity contribution in [3.05, 3.63) is 17.0 Å². The second-order valence-corrected chi connectivity index (χ2v) is 5.45. The van der Waals surface area contributed by atoms with Crippen LogP contribution in [0.4, 0.5) is 5.82 Å². The van der Waals surface area contributed by atoms with E-state index in [0.717, 1.165) is 36.5 Å². The van der Waals surface area contributed by atoms with Crippen molar-refractivity contribution in [2.75, 3.05) is 23.9 Å². The normalized spacial score (nSPS) is 12.5. The average Bonchev–Trinajstić information content (AvgIpc) is 2.30. The summed E-state index contributed by atoms with van der Waals surface area (Å²) in [6, 6.07) is 0. The van der Waals surface area contributed by atoms with Gasteiger partial charge in [0.1, 0.15) is 17.3 Å². The number of nitrogens with zero attached hydrogens (tertiary/aromatic N) is 2. The van der Waals surface area contributed by atoms with Gasteiger partial charge in [0.05, 0.1) is 0 Å². The third kappa shape index (κ3) is 4.72. The molecule has 1 heterocycles. The fourth-order valence-corrected chi connectivity index (χ4v) is 2.54. The van der Waals surface area contributed by atoms with Crippen molar-refractivity contribution in [3.63, 3.8) is 0 Å². The third-order valence-corrected chi connectivity index (χ3v) is 3.69. The summed E-state index contributed by atoms with van der Waals surface area (Å²) >= 11 is 7.95. The maximum atomic E-state index is 6.09. The van der Waals surface area contributed by atoms with Crippen molar-refractivity contribution in [2.24, 2.45) is 5.92 Å². The van der Waals surface area contributed by atoms with E-state index < -0.39 is 0 Å². The summed E-state index contributed by atoms with van der Waals surface area (Å²) in [7, 11) is 0. The SMILES string of the molecule is CCCc1c(Cl)ncnc1NCC(C)CSC. The number of nitrogens with one attached hydrogen (secondary N) is 1. The zero-order valence-electron chi connectivity index (χ0n) is 10.7. The van der Waals surface area contributed by atoms with Crippen molar-refractivity contribution in [2.45, 2.75) is 26.7 Å². The predicted octanol–water partition coefficient (Wildman–Crippen LogP) is 3.49. The Morgan fingerprint density at radius 1 is 1.47 bits per heavy atom. The third-order valence-electron chi connectivity index (χ3n) is 2.46. The molecule has 1 rings (SSSR count). The van der Waals surface area contributed by atoms with Crippen molar-refractivity contribution in [1.29, 1.82) is 0 Å². The first-order chi connectivity index (χ1) is 8.19. The molecule has 1 aromatic heterocycles. The Balaban J connectivity index is 2.66. The number of halogens is 1. The maximum Gasteiger partial charge on any atom is 0.137 e. The first-order valence-electron chi connectivity index (χ1n) is 5.91. The van der Waals surface area contributed by atoms with E-state index in [2.05, 4.69) is 35.4 Å². The fraction of sp³-hybridized carbons (Fsp3) is 0.667. The van der Waals surface area contributed by atoms with Crippen molar-refractivity contribution < 1.29 is 0 Å². The van der Waals surface area contributed by atoms with Crippen LogP contribution in [0.3, 0.4) is 0 Å². The molecule has 0 spiro atoms. The summed E-state index contributed by atoms with van der Waals surface area (Å²) < 4.78 is 0. The predicted molar refractivity (Wildman–Crippen MR) is 77.1 cm³/mol. The summed E-state index contributed by atoms with van der Waals surface area (Å²) in [5, 5.41) is 3.95. The topological polar surface area (TPSA) is 37.8 Å². The van der Waals surface area contributed by atoms with Crippen LogP contribution in [-0.2, 0) is 6.42 Å². The minimum atomic E-state index is 0.571. The molecule has 0 aliphatic carbocycles. The average molecular weight is 274 g/mol. The van der Waals surface area contributed by atoms with Gasteiger partial charge in [0, 0.05) is 12.1 Å². The molecule has 0 amide bonds. The molecule has 0 aliphatic heterocycles. The number of hydrogen-bond donors (Lipinski definition) is 1. The summed E-state index contributed by atoms with van der Waals surface area (Å²) in [6.07, 6.45) is 5.60. The van der Waals surface area contributed by atoms with Gasteiger partial charge in [-0.25, -0.2) is 9.97 Å². The lowest BCUT2D eigenvalue weighted by Crippen LogP contribution is -2.15. The molecule has 3 nitrogen and oxygen atoms in total. The Kier molecular flexibility index (Phi) is 6.66. The molecule has 0 fully saturated rings. The zero-order valence-corrected chi connectivity index (χ0v) is 12.2. The second-order valence-electron chi connectivity index (χ2n) is 4.18. The standard InChI is InChI=1S/C12H20ClN3S/c1-4-5-10-11(13)15-8-16-12(10)14-6-9(2)7-17-3/h8-9H,4-7H2,1-3H3,(H,14,15,16). The number of hydrogen-bond acceptors (Lipinski definition) is 4. The van der Waals surface area contributed by atoms with E-state index in [4.69, 9.17) is 11.6 Å². The lowest BCUT2D eigenvalue weighted by atomic mass is 10.1. The number of thioether (sulfide) groups is 1. The monoisotopic (exact) mass is 273 g/mol. The summed E-state index contributed by atoms with van der Waals surface area (Å²) in [4.78, 5) is 8.31. The van der Waals surface area contributed by atoms with E-state index in [1.165, 1.54) is 6.33 Å². The van der Waals surface area contributed by atoms with Gasteiger partial charge in [-0.2, -0.15) is 11.8 Å². The van der Waals surface area contributed by atoms with E-state index >= 15 is 0 Å². The Hall–Kier alpha value is -0.480. The largest absolute Gasteiger partial charge is 0.369 e. The lowest BCUT2D eigenvalue weighted by molar-refractivity contribution is 0.697. The van der Waals surface area contributed by atoms with Gasteiger partial charge < -0.3 is 5.32 Å². The Morgan fingerprint density at radius 3 is 2.88 bits per heavy atom. The molecule has 96 valence electrons. The van der Waals surface area contributed by atoms with Crippen LogP contribution in [0.2, 0.25) is 5.15 Å². The lowest BCUT2D eigenvalue weighted by Gasteiger charge is -2.14. The van der Waals surface area contributed by atoms with E-state index in [-0.39, 0.29) is 0 Å². The molecule has 0 aliphatic rings. The molecule has 0 radical (unpaired) electrons. The highest BCUT2D eigenvalue weighted by atomic mass is 35.5. The van der Waals surface area contributed by atoms with Gasteiger partial charge in [0.25, 0.3) is 0 Å². The minimum Gasteiger partial charge on any atom is -0.369 e. The van der Waals surface area contributed by atoms with Crippen LogP contribution in [0.15, 0.2) is 6.33 Å². The molecular weight excluding hydrogens is 254 g/mol. The summed E-state index contributed by atoms with van der Waals surface area (Å²) in [5.41, 5.74) is 1.04. The van der Waals surface area contributed by atoms with Crippen LogP contribution < -0.4 is 5.32 Å². The molecule has 1 unspecified atom stereocenters. The molecule has 0 aromatic carbocycles. The second kappa shape index (κ2) is 7.77. The quantitative estimate of drug-likeness (QED) is 0.772. The molecule has 0 saturated heterocycles. The number of rotatable bonds is 7. The van der Waals surface area contributed by atoms with Crippen molar-refractivity contribution in [1.82, 2.24) is 9.97 Å². The van der Waals surface area contributed by atoms with Gasteiger partial charge >= 0.3 is 0 Å². The van der Waals surface area contributed by atoms with Gasteiger partial charge in [0.15, 0.2) is 0 Å². The highest BCUT2D eigenvalue weighted by molar-refractivity contribution is 7.98. The van der Waals surface area contributed by atoms with Gasteiger partial charge in [-0.1, -0.05) is 31.9 Å². The molecule has 1 N–H and O–H groups in total. The molecule has 5 heteroatoms. The smallest absolute Gasteiger partial charge is 0.137 e. The van der Waals surface area contributed by atoms with Crippen LogP contribution in [0.1, 0.15) is 25.8 Å². The van der Waals surface area contributed by atoms with E-state index in [9.17, 15) is 0 Å². The molecular formula is C12H20ClN3S. The molecule has 1 aromatic rings. The Morgan fingerprint density at radius 2 is 2.24 bits per heavy atom. The van der Waals surface area contributed by atoms with Crippen molar-refractivity contribution >= 4 is 29.2 Å². The maximum absolute atomic E-state index is 6.09. The fourth-order valence-electron chi connectivity index (χ4n) is 1.63. The molecule has 0 bridgehead atoms. The Labute approximate surface area is 113 Å². The van der Waals surface area contributed by atoms with Crippen LogP contribution in [0.25, 0.3) is 0 Å². The minimum absolute atomic E-state index is 0.571. The van der Waals surface area contributed by atoms with E-state index in [1.807, 2.05) is 11.8 Å². The first-order valence-corrected chi connectivity index (χ1v) is 7.68. The van der Waals surface area contributed by atoms with E-state index in [1.54, 1.807) is 0 Å². The number of aromatic nitrogens is 2. The molecule has 17 heavy (non-hydrogen) atoms. The Bertz CT molecular complexity index is 347. The van der Waals surface area contributed by atoms with Crippen LogP contribution in [-0.4, -0.2) is 28.5 Å². The van der Waals surface area contributed by atoms with Gasteiger partial charge in [-0.3, -0.25) is 0 Å².